The number of hydrogen-bond donors (Lipinski definition) is 1. The van der Waals surface area contributed by atoms with Crippen LogP contribution in [0.25, 0.3) is 0 Å². The maximum atomic E-state index is 13.1. The van der Waals surface area contributed by atoms with Crippen LogP contribution in [0.1, 0.15) is 11.1 Å². The second kappa shape index (κ2) is 9.72. The molecule has 0 spiro atoms. The number of benzene rings is 3. The van der Waals surface area contributed by atoms with E-state index in [0.29, 0.717) is 11.6 Å². The van der Waals surface area contributed by atoms with Crippen molar-refractivity contribution in [1.82, 2.24) is 4.31 Å². The van der Waals surface area contributed by atoms with E-state index in [9.17, 15) is 26.4 Å². The first-order chi connectivity index (χ1) is 15.1. The summed E-state index contributed by atoms with van der Waals surface area (Å²) in [6.07, 6.45) is -4.70. The molecule has 0 fully saturated rings. The molecule has 32 heavy (non-hydrogen) atoms. The van der Waals surface area contributed by atoms with Gasteiger partial charge in [0.25, 0.3) is 0 Å². The van der Waals surface area contributed by atoms with Gasteiger partial charge in [0.05, 0.1) is 22.0 Å². The van der Waals surface area contributed by atoms with E-state index in [2.05, 4.69) is 5.32 Å². The lowest BCUT2D eigenvalue weighted by Gasteiger charge is -2.22. The Morgan fingerprint density at radius 1 is 0.938 bits per heavy atom. The quantitative estimate of drug-likeness (QED) is 0.504. The number of nitrogens with one attached hydrogen (secondary N) is 1. The minimum atomic E-state index is -4.70. The van der Waals surface area contributed by atoms with Crippen molar-refractivity contribution in [2.24, 2.45) is 0 Å². The number of halogens is 4. The summed E-state index contributed by atoms with van der Waals surface area (Å²) in [5, 5.41) is 1.81. The molecule has 168 valence electrons. The number of anilines is 1. The molecular weight excluding hydrogens is 465 g/mol. The number of carbonyl (C=O) groups excluding carboxylic acids is 1. The number of sulfonamides is 1. The maximum Gasteiger partial charge on any atom is 0.417 e. The maximum absolute atomic E-state index is 13.1. The lowest BCUT2D eigenvalue weighted by molar-refractivity contribution is -0.137. The first kappa shape index (κ1) is 23.8. The molecule has 3 aromatic carbocycles. The fraction of sp³-hybridized carbons (Fsp3) is 0.136. The fourth-order valence-electron chi connectivity index (χ4n) is 2.94. The van der Waals surface area contributed by atoms with Gasteiger partial charge in [-0.2, -0.15) is 17.5 Å². The molecular formula is C22H18ClF3N2O3S. The molecule has 0 aliphatic carbocycles. The molecule has 0 unspecified atom stereocenters. The summed E-state index contributed by atoms with van der Waals surface area (Å²) in [6.45, 7) is -0.698. The zero-order valence-corrected chi connectivity index (χ0v) is 18.1. The van der Waals surface area contributed by atoms with Crippen LogP contribution in [0.4, 0.5) is 18.9 Å². The van der Waals surface area contributed by atoms with Crippen molar-refractivity contribution in [3.8, 4) is 0 Å². The third kappa shape index (κ3) is 5.87. The van der Waals surface area contributed by atoms with Gasteiger partial charge < -0.3 is 5.32 Å². The minimum Gasteiger partial charge on any atom is -0.325 e. The molecule has 3 rings (SSSR count). The van der Waals surface area contributed by atoms with Crippen molar-refractivity contribution in [2.45, 2.75) is 17.6 Å². The highest BCUT2D eigenvalue weighted by atomic mass is 35.5. The number of alkyl halides is 3. The fourth-order valence-corrected chi connectivity index (χ4v) is 4.57. The smallest absolute Gasteiger partial charge is 0.325 e. The first-order valence-corrected chi connectivity index (χ1v) is 11.1. The number of amides is 1. The van der Waals surface area contributed by atoms with Crippen LogP contribution in [0.5, 0.6) is 0 Å². The zero-order chi connectivity index (χ0) is 23.4. The number of rotatable bonds is 7. The molecule has 1 N–H and O–H groups in total. The molecule has 5 nitrogen and oxygen atoms in total. The molecule has 0 aliphatic rings. The van der Waals surface area contributed by atoms with Gasteiger partial charge in [0.1, 0.15) is 0 Å². The SMILES string of the molecule is O=C(CN(Cc1ccccc1)S(=O)(=O)c1ccccc1)Nc1ccc(Cl)c(C(F)(F)F)c1. The Balaban J connectivity index is 1.86. The predicted molar refractivity (Wildman–Crippen MR) is 116 cm³/mol. The largest absolute Gasteiger partial charge is 0.417 e. The van der Waals surface area contributed by atoms with Crippen LogP contribution in [0.3, 0.4) is 0 Å². The number of hydrogen-bond acceptors (Lipinski definition) is 3. The molecule has 1 amide bonds. The summed E-state index contributed by atoms with van der Waals surface area (Å²) in [7, 11) is -4.05. The molecule has 0 saturated heterocycles. The van der Waals surface area contributed by atoms with Crippen LogP contribution in [-0.2, 0) is 27.5 Å². The van der Waals surface area contributed by atoms with Crippen LogP contribution < -0.4 is 5.32 Å². The van der Waals surface area contributed by atoms with E-state index in [0.717, 1.165) is 10.4 Å². The summed E-state index contributed by atoms with van der Waals surface area (Å²) in [5.74, 6) is -0.795. The van der Waals surface area contributed by atoms with E-state index < -0.39 is 39.2 Å². The van der Waals surface area contributed by atoms with Gasteiger partial charge in [-0.25, -0.2) is 8.42 Å². The third-order valence-corrected chi connectivity index (χ3v) is 6.59. The van der Waals surface area contributed by atoms with E-state index in [1.807, 2.05) is 0 Å². The van der Waals surface area contributed by atoms with Crippen LogP contribution in [0.15, 0.2) is 83.8 Å². The van der Waals surface area contributed by atoms with Gasteiger partial charge in [0.2, 0.25) is 15.9 Å². The molecule has 0 bridgehead atoms. The second-order valence-electron chi connectivity index (χ2n) is 6.81. The summed E-state index contributed by atoms with van der Waals surface area (Å²) in [5.41, 5.74) is -0.607. The van der Waals surface area contributed by atoms with Gasteiger partial charge in [0, 0.05) is 12.2 Å². The van der Waals surface area contributed by atoms with Gasteiger partial charge in [-0.1, -0.05) is 60.1 Å². The molecule has 0 saturated carbocycles. The van der Waals surface area contributed by atoms with Crippen molar-refractivity contribution < 1.29 is 26.4 Å². The van der Waals surface area contributed by atoms with Crippen molar-refractivity contribution in [3.63, 3.8) is 0 Å². The molecule has 0 aliphatic heterocycles. The van der Waals surface area contributed by atoms with Crippen LogP contribution in [0, 0.1) is 0 Å². The Morgan fingerprint density at radius 2 is 1.53 bits per heavy atom. The van der Waals surface area contributed by atoms with Crippen LogP contribution >= 0.6 is 11.6 Å². The number of carbonyl (C=O) groups is 1. The predicted octanol–water partition coefficient (Wildman–Crippen LogP) is 5.19. The summed E-state index contributed by atoms with van der Waals surface area (Å²) in [4.78, 5) is 12.6. The highest BCUT2D eigenvalue weighted by Crippen LogP contribution is 2.36. The van der Waals surface area contributed by atoms with Crippen LogP contribution in [0.2, 0.25) is 5.02 Å². The Kier molecular flexibility index (Phi) is 7.22. The van der Waals surface area contributed by atoms with Crippen LogP contribution in [-0.4, -0.2) is 25.2 Å². The van der Waals surface area contributed by atoms with Crippen molar-refractivity contribution >= 4 is 33.2 Å². The van der Waals surface area contributed by atoms with Gasteiger partial charge >= 0.3 is 6.18 Å². The lowest BCUT2D eigenvalue weighted by atomic mass is 10.2. The molecule has 10 heteroatoms. The highest BCUT2D eigenvalue weighted by Gasteiger charge is 2.33. The Morgan fingerprint density at radius 3 is 2.12 bits per heavy atom. The minimum absolute atomic E-state index is 0.00502. The Hall–Kier alpha value is -2.88. The van der Waals surface area contributed by atoms with Crippen molar-refractivity contribution in [1.29, 1.82) is 0 Å². The van der Waals surface area contributed by atoms with Gasteiger partial charge in [0.15, 0.2) is 0 Å². The van der Waals surface area contributed by atoms with E-state index in [-0.39, 0.29) is 17.1 Å². The summed E-state index contributed by atoms with van der Waals surface area (Å²) in [6, 6.07) is 19.2. The van der Waals surface area contributed by atoms with Crippen molar-refractivity contribution in [3.05, 3.63) is 95.0 Å². The highest BCUT2D eigenvalue weighted by molar-refractivity contribution is 7.89. The van der Waals surface area contributed by atoms with E-state index in [1.54, 1.807) is 48.5 Å². The zero-order valence-electron chi connectivity index (χ0n) is 16.5. The average molecular weight is 483 g/mol. The average Bonchev–Trinajstić information content (AvgIpc) is 2.75. The monoisotopic (exact) mass is 482 g/mol. The summed E-state index contributed by atoms with van der Waals surface area (Å²) < 4.78 is 66.5. The lowest BCUT2D eigenvalue weighted by Crippen LogP contribution is -2.37. The topological polar surface area (TPSA) is 66.5 Å². The molecule has 0 radical (unpaired) electrons. The first-order valence-electron chi connectivity index (χ1n) is 9.33. The summed E-state index contributed by atoms with van der Waals surface area (Å²) >= 11 is 5.60. The molecule has 0 aromatic heterocycles. The van der Waals surface area contributed by atoms with Gasteiger partial charge in [-0.15, -0.1) is 0 Å². The van der Waals surface area contributed by atoms with E-state index >= 15 is 0 Å². The second-order valence-corrected chi connectivity index (χ2v) is 9.16. The molecule has 0 atom stereocenters. The molecule has 3 aromatic rings. The van der Waals surface area contributed by atoms with Gasteiger partial charge in [-0.3, -0.25) is 4.79 Å². The normalized spacial score (nSPS) is 12.0. The van der Waals surface area contributed by atoms with Crippen molar-refractivity contribution in [2.75, 3.05) is 11.9 Å². The third-order valence-electron chi connectivity index (χ3n) is 4.46. The Bertz CT molecular complexity index is 1190. The Labute approximate surface area is 188 Å². The van der Waals surface area contributed by atoms with E-state index in [1.165, 1.54) is 18.2 Å². The number of nitrogens with zero attached hydrogens (tertiary/aromatic N) is 1. The van der Waals surface area contributed by atoms with Gasteiger partial charge in [-0.05, 0) is 35.9 Å². The van der Waals surface area contributed by atoms with E-state index in [4.69, 9.17) is 11.6 Å². The molecule has 0 heterocycles. The standard InChI is InChI=1S/C22H18ClF3N2O3S/c23-20-12-11-17(13-19(20)22(24,25)26)27-21(29)15-28(14-16-7-3-1-4-8-16)32(30,31)18-9-5-2-6-10-18/h1-13H,14-15H2,(H,27,29).